The van der Waals surface area contributed by atoms with Crippen molar-refractivity contribution in [3.63, 3.8) is 0 Å². The van der Waals surface area contributed by atoms with Gasteiger partial charge in [0.2, 0.25) is 0 Å². The van der Waals surface area contributed by atoms with Gasteiger partial charge in [0.25, 0.3) is 0 Å². The molecule has 0 atom stereocenters. The van der Waals surface area contributed by atoms with E-state index in [1.165, 1.54) is 243 Å². The SMILES string of the molecule is CCCCCCCCCCCCCCCCCCCCCCc1ccccc1S(=O)(=O)[O-].CCCCCCCCCCCCCCCCCCCCCCc1ccccc1S(=O)(=O)[O-].[Ba+2]. The summed E-state index contributed by atoms with van der Waals surface area (Å²) >= 11 is 0. The van der Waals surface area contributed by atoms with E-state index < -0.39 is 20.2 Å². The van der Waals surface area contributed by atoms with Crippen molar-refractivity contribution in [2.75, 3.05) is 0 Å². The Morgan fingerprint density at radius 2 is 0.462 bits per heavy atom. The van der Waals surface area contributed by atoms with Crippen LogP contribution < -0.4 is 0 Å². The standard InChI is InChI=1S/2C28H50O3S.Ba/c2*1-2-3-4-5-6-7-8-9-10-11-12-13-14-15-16-17-18-19-20-21-24-27-25-22-23-26-28(27)32(29,30)31;/h2*22-23,25-26H,2-21,24H2,1H3,(H,29,30,31);/q;;+2/p-2. The minimum absolute atomic E-state index is 0. The molecule has 0 bridgehead atoms. The topological polar surface area (TPSA) is 114 Å². The molecule has 0 heterocycles. The van der Waals surface area contributed by atoms with Crippen molar-refractivity contribution in [2.24, 2.45) is 0 Å². The van der Waals surface area contributed by atoms with Crippen molar-refractivity contribution in [3.05, 3.63) is 59.7 Å². The predicted molar refractivity (Wildman–Crippen MR) is 278 cm³/mol. The molecule has 2 rings (SSSR count). The van der Waals surface area contributed by atoms with Crippen molar-refractivity contribution in [1.82, 2.24) is 0 Å². The van der Waals surface area contributed by atoms with Gasteiger partial charge in [0.1, 0.15) is 20.2 Å². The van der Waals surface area contributed by atoms with Crippen LogP contribution in [-0.2, 0) is 33.1 Å². The van der Waals surface area contributed by atoms with Crippen LogP contribution >= 0.6 is 0 Å². The van der Waals surface area contributed by atoms with Crippen molar-refractivity contribution in [2.45, 2.75) is 293 Å². The molecule has 0 saturated carbocycles. The van der Waals surface area contributed by atoms with Crippen LogP contribution in [0.1, 0.15) is 282 Å². The van der Waals surface area contributed by atoms with Crippen molar-refractivity contribution >= 4 is 69.1 Å². The molecule has 0 amide bonds. The maximum absolute atomic E-state index is 11.3. The second-order valence-corrected chi connectivity index (χ2v) is 21.8. The third-order valence-corrected chi connectivity index (χ3v) is 15.0. The summed E-state index contributed by atoms with van der Waals surface area (Å²) in [7, 11) is -8.72. The molecule has 9 heteroatoms. The molecule has 372 valence electrons. The minimum Gasteiger partial charge on any atom is -0.744 e. The molecule has 0 unspecified atom stereocenters. The third-order valence-electron chi connectivity index (χ3n) is 13.1. The fourth-order valence-corrected chi connectivity index (χ4v) is 10.5. The molecule has 0 fully saturated rings. The van der Waals surface area contributed by atoms with E-state index in [1.54, 1.807) is 36.4 Å². The van der Waals surface area contributed by atoms with Gasteiger partial charge in [-0.1, -0.05) is 294 Å². The Kier molecular flexibility index (Phi) is 46.1. The van der Waals surface area contributed by atoms with Crippen LogP contribution in [0.15, 0.2) is 58.3 Å². The van der Waals surface area contributed by atoms with Gasteiger partial charge < -0.3 is 9.11 Å². The van der Waals surface area contributed by atoms with Gasteiger partial charge in [-0.2, -0.15) is 0 Å². The van der Waals surface area contributed by atoms with Crippen LogP contribution in [0.5, 0.6) is 0 Å². The maximum Gasteiger partial charge on any atom is 2.00 e. The second-order valence-electron chi connectivity index (χ2n) is 19.1. The van der Waals surface area contributed by atoms with E-state index in [0.717, 1.165) is 25.7 Å². The van der Waals surface area contributed by atoms with Gasteiger partial charge in [-0.05, 0) is 48.9 Å². The van der Waals surface area contributed by atoms with Gasteiger partial charge in [-0.25, -0.2) is 16.8 Å². The molecule has 0 N–H and O–H groups in total. The number of unbranched alkanes of at least 4 members (excludes halogenated alkanes) is 38. The van der Waals surface area contributed by atoms with Crippen molar-refractivity contribution < 1.29 is 25.9 Å². The quantitative estimate of drug-likeness (QED) is 0.0371. The molecule has 2 aromatic carbocycles. The number of benzene rings is 2. The zero-order valence-electron chi connectivity index (χ0n) is 42.3. The molecule has 0 aliphatic carbocycles. The normalized spacial score (nSPS) is 11.6. The van der Waals surface area contributed by atoms with Gasteiger partial charge >= 0.3 is 48.9 Å². The van der Waals surface area contributed by atoms with E-state index in [-0.39, 0.29) is 58.7 Å². The van der Waals surface area contributed by atoms with E-state index in [1.807, 2.05) is 0 Å². The van der Waals surface area contributed by atoms with Crippen LogP contribution in [0, 0.1) is 0 Å². The largest absolute Gasteiger partial charge is 2.00 e. The molecular weight excluding hydrogens is 970 g/mol. The van der Waals surface area contributed by atoms with E-state index in [9.17, 15) is 25.9 Å². The van der Waals surface area contributed by atoms with Gasteiger partial charge in [0.15, 0.2) is 0 Å². The Balaban J connectivity index is 0.00000124. The Labute approximate surface area is 443 Å². The second kappa shape index (κ2) is 46.2. The first-order valence-corrected chi connectivity index (χ1v) is 30.0. The number of hydrogen-bond acceptors (Lipinski definition) is 6. The van der Waals surface area contributed by atoms with Crippen LogP contribution in [0.3, 0.4) is 0 Å². The van der Waals surface area contributed by atoms with Crippen molar-refractivity contribution in [3.8, 4) is 0 Å². The van der Waals surface area contributed by atoms with Gasteiger partial charge in [0, 0.05) is 0 Å². The Bertz CT molecular complexity index is 1430. The zero-order chi connectivity index (χ0) is 46.7. The molecule has 65 heavy (non-hydrogen) atoms. The molecule has 0 radical (unpaired) electrons. The van der Waals surface area contributed by atoms with Gasteiger partial charge in [-0.3, -0.25) is 0 Å². The summed E-state index contributed by atoms with van der Waals surface area (Å²) in [6.07, 6.45) is 55.3. The average molecular weight is 1070 g/mol. The molecular formula is C56H98BaO6S2. The van der Waals surface area contributed by atoms with Crippen LogP contribution in [0.25, 0.3) is 0 Å². The van der Waals surface area contributed by atoms with Crippen molar-refractivity contribution in [1.29, 1.82) is 0 Å². The maximum atomic E-state index is 11.3. The fourth-order valence-electron chi connectivity index (χ4n) is 9.05. The summed E-state index contributed by atoms with van der Waals surface area (Å²) in [5.74, 6) is 0. The number of rotatable bonds is 44. The molecule has 6 nitrogen and oxygen atoms in total. The van der Waals surface area contributed by atoms with E-state index in [4.69, 9.17) is 0 Å². The summed E-state index contributed by atoms with van der Waals surface area (Å²) in [4.78, 5) is -0.0874. The molecule has 0 aliphatic rings. The molecule has 0 spiro atoms. The summed E-state index contributed by atoms with van der Waals surface area (Å²) in [6.45, 7) is 4.56. The predicted octanol–water partition coefficient (Wildman–Crippen LogP) is 17.5. The third kappa shape index (κ3) is 40.3. The Hall–Kier alpha value is -0.169. The average Bonchev–Trinajstić information content (AvgIpc) is 3.27. The molecule has 0 aliphatic heterocycles. The zero-order valence-corrected chi connectivity index (χ0v) is 48.4. The molecule has 0 aromatic heterocycles. The summed E-state index contributed by atoms with van der Waals surface area (Å²) in [6, 6.07) is 13.2. The van der Waals surface area contributed by atoms with E-state index >= 15 is 0 Å². The monoisotopic (exact) mass is 1070 g/mol. The van der Waals surface area contributed by atoms with E-state index in [2.05, 4.69) is 13.8 Å². The summed E-state index contributed by atoms with van der Waals surface area (Å²) in [5, 5.41) is 0. The molecule has 0 saturated heterocycles. The summed E-state index contributed by atoms with van der Waals surface area (Å²) in [5.41, 5.74) is 1.34. The fraction of sp³-hybridized carbons (Fsp3) is 0.786. The minimum atomic E-state index is -4.36. The molecule has 2 aromatic rings. The van der Waals surface area contributed by atoms with Crippen LogP contribution in [0.4, 0.5) is 0 Å². The first-order valence-electron chi connectivity index (χ1n) is 27.2. The smallest absolute Gasteiger partial charge is 0.744 e. The van der Waals surface area contributed by atoms with Gasteiger partial charge in [0.05, 0.1) is 9.79 Å². The van der Waals surface area contributed by atoms with Gasteiger partial charge in [-0.15, -0.1) is 0 Å². The first kappa shape index (κ1) is 64.8. The number of hydrogen-bond donors (Lipinski definition) is 0. The Morgan fingerprint density at radius 1 is 0.292 bits per heavy atom. The number of aryl methyl sites for hydroxylation is 2. The summed E-state index contributed by atoms with van der Waals surface area (Å²) < 4.78 is 67.8. The first-order chi connectivity index (χ1) is 31.1. The van der Waals surface area contributed by atoms with Crippen LogP contribution in [-0.4, -0.2) is 74.8 Å². The Morgan fingerprint density at radius 3 is 0.646 bits per heavy atom. The van der Waals surface area contributed by atoms with Crippen LogP contribution in [0.2, 0.25) is 0 Å². The van der Waals surface area contributed by atoms with E-state index in [0.29, 0.717) is 24.0 Å².